The molecule has 0 bridgehead atoms. The smallest absolute Gasteiger partial charge is 0.215 e. The first-order chi connectivity index (χ1) is 8.85. The highest BCUT2D eigenvalue weighted by atomic mass is 16.5. The molecule has 1 saturated heterocycles. The summed E-state index contributed by atoms with van der Waals surface area (Å²) in [4.78, 5) is 7.00. The Labute approximate surface area is 109 Å². The Bertz CT molecular complexity index is 368. The summed E-state index contributed by atoms with van der Waals surface area (Å²) in [5.74, 6) is 1.77. The van der Waals surface area contributed by atoms with Crippen LogP contribution in [0.4, 0.5) is 5.82 Å². The monoisotopic (exact) mass is 249 g/mol. The number of pyridine rings is 1. The Morgan fingerprint density at radius 2 is 2.33 bits per heavy atom. The largest absolute Gasteiger partial charge is 0.478 e. The van der Waals surface area contributed by atoms with Crippen molar-refractivity contribution in [3.63, 3.8) is 0 Å². The molecule has 1 aromatic rings. The lowest BCUT2D eigenvalue weighted by Gasteiger charge is -2.36. The molecule has 1 fully saturated rings. The highest BCUT2D eigenvalue weighted by Gasteiger charge is 2.23. The summed E-state index contributed by atoms with van der Waals surface area (Å²) in [5, 5.41) is 3.28. The van der Waals surface area contributed by atoms with Crippen LogP contribution in [0.15, 0.2) is 18.2 Å². The van der Waals surface area contributed by atoms with Crippen LogP contribution >= 0.6 is 0 Å². The molecule has 1 unspecified atom stereocenters. The molecule has 1 atom stereocenters. The Kier molecular flexibility index (Phi) is 4.81. The first-order valence-electron chi connectivity index (χ1n) is 6.86. The molecule has 2 rings (SSSR count). The summed E-state index contributed by atoms with van der Waals surface area (Å²) >= 11 is 0. The molecular weight excluding hydrogens is 226 g/mol. The molecule has 1 aliphatic rings. The number of nitrogens with one attached hydrogen (secondary N) is 1. The van der Waals surface area contributed by atoms with E-state index in [1.165, 1.54) is 19.3 Å². The molecule has 0 radical (unpaired) electrons. The van der Waals surface area contributed by atoms with Crippen LogP contribution in [0.3, 0.4) is 0 Å². The van der Waals surface area contributed by atoms with E-state index in [0.717, 1.165) is 24.8 Å². The van der Waals surface area contributed by atoms with Crippen LogP contribution in [0.5, 0.6) is 5.88 Å². The summed E-state index contributed by atoms with van der Waals surface area (Å²) in [7, 11) is 2.01. The molecule has 0 spiro atoms. The van der Waals surface area contributed by atoms with E-state index in [9.17, 15) is 0 Å². The zero-order chi connectivity index (χ0) is 12.8. The zero-order valence-electron chi connectivity index (χ0n) is 11.4. The van der Waals surface area contributed by atoms with E-state index in [-0.39, 0.29) is 0 Å². The Morgan fingerprint density at radius 1 is 1.44 bits per heavy atom. The average molecular weight is 249 g/mol. The third-order valence-electron chi connectivity index (χ3n) is 3.36. The topological polar surface area (TPSA) is 37.4 Å². The highest BCUT2D eigenvalue weighted by Crippen LogP contribution is 2.24. The van der Waals surface area contributed by atoms with Crippen LogP contribution in [0.2, 0.25) is 0 Å². The minimum Gasteiger partial charge on any atom is -0.478 e. The molecule has 4 nitrogen and oxygen atoms in total. The van der Waals surface area contributed by atoms with Crippen molar-refractivity contribution in [3.8, 4) is 5.88 Å². The molecule has 1 N–H and O–H groups in total. The van der Waals surface area contributed by atoms with Crippen molar-refractivity contribution in [2.45, 2.75) is 32.2 Å². The zero-order valence-corrected chi connectivity index (χ0v) is 11.4. The van der Waals surface area contributed by atoms with E-state index in [0.29, 0.717) is 12.6 Å². The number of ether oxygens (including phenoxy) is 1. The van der Waals surface area contributed by atoms with Crippen molar-refractivity contribution in [2.75, 3.05) is 31.6 Å². The van der Waals surface area contributed by atoms with Crippen molar-refractivity contribution < 1.29 is 4.74 Å². The van der Waals surface area contributed by atoms with E-state index in [2.05, 4.69) is 21.3 Å². The van der Waals surface area contributed by atoms with Gasteiger partial charge in [0.25, 0.3) is 0 Å². The maximum atomic E-state index is 5.48. The molecule has 100 valence electrons. The molecule has 0 saturated carbocycles. The van der Waals surface area contributed by atoms with Gasteiger partial charge in [-0.05, 0) is 39.3 Å². The minimum absolute atomic E-state index is 0.549. The lowest BCUT2D eigenvalue weighted by atomic mass is 10.0. The predicted molar refractivity (Wildman–Crippen MR) is 74.3 cm³/mol. The van der Waals surface area contributed by atoms with E-state index in [1.54, 1.807) is 0 Å². The first kappa shape index (κ1) is 13.1. The second-order valence-corrected chi connectivity index (χ2v) is 4.67. The van der Waals surface area contributed by atoms with Crippen LogP contribution in [0, 0.1) is 0 Å². The van der Waals surface area contributed by atoms with Crippen LogP contribution in [0.25, 0.3) is 0 Å². The summed E-state index contributed by atoms with van der Waals surface area (Å²) in [5.41, 5.74) is 0. The van der Waals surface area contributed by atoms with Crippen molar-refractivity contribution >= 4 is 5.82 Å². The highest BCUT2D eigenvalue weighted by molar-refractivity contribution is 5.42. The van der Waals surface area contributed by atoms with Gasteiger partial charge < -0.3 is 15.0 Å². The SMILES string of the molecule is CCOc1cccc(N2CCCCC2CNC)n1. The number of hydrogen-bond acceptors (Lipinski definition) is 4. The van der Waals surface area contributed by atoms with Gasteiger partial charge in [-0.1, -0.05) is 6.07 Å². The van der Waals surface area contributed by atoms with Gasteiger partial charge in [-0.3, -0.25) is 0 Å². The van der Waals surface area contributed by atoms with Crippen molar-refractivity contribution in [3.05, 3.63) is 18.2 Å². The third kappa shape index (κ3) is 3.13. The standard InChI is InChI=1S/C14H23N3O/c1-3-18-14-9-6-8-13(16-14)17-10-5-4-7-12(17)11-15-2/h6,8-9,12,15H,3-5,7,10-11H2,1-2H3. The number of rotatable bonds is 5. The van der Waals surface area contributed by atoms with E-state index >= 15 is 0 Å². The van der Waals surface area contributed by atoms with Crippen molar-refractivity contribution in [2.24, 2.45) is 0 Å². The molecule has 0 aliphatic carbocycles. The fraction of sp³-hybridized carbons (Fsp3) is 0.643. The van der Waals surface area contributed by atoms with E-state index in [4.69, 9.17) is 4.74 Å². The molecular formula is C14H23N3O. The van der Waals surface area contributed by atoms with Crippen molar-refractivity contribution in [1.82, 2.24) is 10.3 Å². The third-order valence-corrected chi connectivity index (χ3v) is 3.36. The number of hydrogen-bond donors (Lipinski definition) is 1. The maximum absolute atomic E-state index is 5.48. The van der Waals surface area contributed by atoms with Crippen LogP contribution in [-0.2, 0) is 0 Å². The summed E-state index contributed by atoms with van der Waals surface area (Å²) in [6.45, 7) is 4.75. The number of aromatic nitrogens is 1. The Hall–Kier alpha value is -1.29. The number of piperidine rings is 1. The molecule has 1 aromatic heterocycles. The van der Waals surface area contributed by atoms with E-state index in [1.807, 2.05) is 26.1 Å². The van der Waals surface area contributed by atoms with Crippen LogP contribution in [0.1, 0.15) is 26.2 Å². The normalized spacial score (nSPS) is 19.9. The summed E-state index contributed by atoms with van der Waals surface area (Å²) in [6, 6.07) is 6.58. The summed E-state index contributed by atoms with van der Waals surface area (Å²) in [6.07, 6.45) is 3.80. The molecule has 2 heterocycles. The number of anilines is 1. The Morgan fingerprint density at radius 3 is 3.11 bits per heavy atom. The quantitative estimate of drug-likeness (QED) is 0.866. The van der Waals surface area contributed by atoms with Gasteiger partial charge in [0, 0.05) is 25.2 Å². The van der Waals surface area contributed by atoms with Gasteiger partial charge in [0.15, 0.2) is 0 Å². The fourth-order valence-electron chi connectivity index (χ4n) is 2.54. The van der Waals surface area contributed by atoms with Gasteiger partial charge in [0.2, 0.25) is 5.88 Å². The number of nitrogens with zero attached hydrogens (tertiary/aromatic N) is 2. The van der Waals surface area contributed by atoms with Gasteiger partial charge in [0.1, 0.15) is 5.82 Å². The van der Waals surface area contributed by atoms with Gasteiger partial charge in [-0.2, -0.15) is 4.98 Å². The minimum atomic E-state index is 0.549. The fourth-order valence-corrected chi connectivity index (χ4v) is 2.54. The van der Waals surface area contributed by atoms with Crippen molar-refractivity contribution in [1.29, 1.82) is 0 Å². The van der Waals surface area contributed by atoms with Gasteiger partial charge in [-0.25, -0.2) is 0 Å². The van der Waals surface area contributed by atoms with E-state index < -0.39 is 0 Å². The summed E-state index contributed by atoms with van der Waals surface area (Å²) < 4.78 is 5.48. The van der Waals surface area contributed by atoms with Gasteiger partial charge >= 0.3 is 0 Å². The lowest BCUT2D eigenvalue weighted by molar-refractivity contribution is 0.326. The molecule has 1 aliphatic heterocycles. The second-order valence-electron chi connectivity index (χ2n) is 4.67. The van der Waals surface area contributed by atoms with Crippen LogP contribution in [-0.4, -0.2) is 37.8 Å². The number of likely N-dealkylation sites (N-methyl/N-ethyl adjacent to an activating group) is 1. The molecule has 0 amide bonds. The van der Waals surface area contributed by atoms with Crippen LogP contribution < -0.4 is 15.0 Å². The first-order valence-corrected chi connectivity index (χ1v) is 6.86. The lowest BCUT2D eigenvalue weighted by Crippen LogP contribution is -2.45. The van der Waals surface area contributed by atoms with Gasteiger partial charge in [0.05, 0.1) is 6.61 Å². The predicted octanol–water partition coefficient (Wildman–Crippen LogP) is 2.06. The Balaban J connectivity index is 2.14. The second kappa shape index (κ2) is 6.59. The maximum Gasteiger partial charge on any atom is 0.215 e. The van der Waals surface area contributed by atoms with Gasteiger partial charge in [-0.15, -0.1) is 0 Å². The molecule has 18 heavy (non-hydrogen) atoms. The molecule has 4 heteroatoms. The molecule has 0 aromatic carbocycles. The average Bonchev–Trinajstić information content (AvgIpc) is 2.40.